The molecule has 1 aliphatic rings. The molecule has 3 amide bonds. The van der Waals surface area contributed by atoms with Gasteiger partial charge in [-0.05, 0) is 75.0 Å². The Bertz CT molecular complexity index is 1310. The minimum atomic E-state index is -0.563. The van der Waals surface area contributed by atoms with Gasteiger partial charge in [0.15, 0.2) is 5.11 Å². The Morgan fingerprint density at radius 3 is 2.33 bits per heavy atom. The summed E-state index contributed by atoms with van der Waals surface area (Å²) in [7, 11) is 0. The molecule has 1 aromatic heterocycles. The molecule has 2 aromatic carbocycles. The van der Waals surface area contributed by atoms with Gasteiger partial charge in [-0.1, -0.05) is 35.9 Å². The van der Waals surface area contributed by atoms with Crippen LogP contribution in [0.1, 0.15) is 32.9 Å². The molecular weight excluding hydrogens is 436 g/mol. The van der Waals surface area contributed by atoms with Crippen molar-refractivity contribution in [1.29, 1.82) is 0 Å². The second-order valence-electron chi connectivity index (χ2n) is 7.76. The van der Waals surface area contributed by atoms with E-state index in [1.54, 1.807) is 54.1 Å². The lowest BCUT2D eigenvalue weighted by Crippen LogP contribution is -2.54. The molecule has 0 atom stereocenters. The van der Waals surface area contributed by atoms with Crippen molar-refractivity contribution in [2.45, 2.75) is 20.8 Å². The molecule has 0 unspecified atom stereocenters. The summed E-state index contributed by atoms with van der Waals surface area (Å²) in [5.74, 6) is -1.34. The Balaban J connectivity index is 1.66. The number of aromatic nitrogens is 1. The number of nitrogens with one attached hydrogen (secondary N) is 2. The summed E-state index contributed by atoms with van der Waals surface area (Å²) in [5, 5.41) is 2.62. The third kappa shape index (κ3) is 4.33. The van der Waals surface area contributed by atoms with Gasteiger partial charge < -0.3 is 0 Å². The van der Waals surface area contributed by atoms with Crippen molar-refractivity contribution in [1.82, 2.24) is 9.99 Å². The fraction of sp³-hybridized carbons (Fsp3) is 0.120. The highest BCUT2D eigenvalue weighted by Crippen LogP contribution is 2.24. The lowest BCUT2D eigenvalue weighted by molar-refractivity contribution is -0.122. The SMILES string of the molecule is Cc1ccc(N2C(=O)/C(=C/c3cc(C)n(NC(=O)c4ccccc4)c3C)C(=O)NC2=S)cc1. The van der Waals surface area contributed by atoms with Gasteiger partial charge in [-0.3, -0.25) is 34.7 Å². The maximum atomic E-state index is 13.2. The fourth-order valence-corrected chi connectivity index (χ4v) is 3.88. The van der Waals surface area contributed by atoms with Crippen LogP contribution in [0, 0.1) is 20.8 Å². The van der Waals surface area contributed by atoms with Crippen LogP contribution in [-0.4, -0.2) is 27.5 Å². The molecule has 0 spiro atoms. The van der Waals surface area contributed by atoms with Gasteiger partial charge in [-0.15, -0.1) is 0 Å². The second kappa shape index (κ2) is 8.84. The molecule has 2 heterocycles. The van der Waals surface area contributed by atoms with E-state index in [1.165, 1.54) is 11.0 Å². The predicted octanol–water partition coefficient (Wildman–Crippen LogP) is 3.63. The Morgan fingerprint density at radius 1 is 1.00 bits per heavy atom. The molecule has 1 saturated heterocycles. The minimum Gasteiger partial charge on any atom is -0.298 e. The number of anilines is 1. The number of aryl methyl sites for hydroxylation is 2. The van der Waals surface area contributed by atoms with Gasteiger partial charge >= 0.3 is 0 Å². The molecule has 0 aliphatic carbocycles. The number of thiocarbonyl (C=S) groups is 1. The smallest absolute Gasteiger partial charge is 0.270 e. The van der Waals surface area contributed by atoms with Crippen molar-refractivity contribution >= 4 is 46.8 Å². The average Bonchev–Trinajstić information content (AvgIpc) is 3.05. The third-order valence-electron chi connectivity index (χ3n) is 5.41. The Morgan fingerprint density at radius 2 is 1.67 bits per heavy atom. The van der Waals surface area contributed by atoms with Crippen LogP contribution in [0.3, 0.4) is 0 Å². The summed E-state index contributed by atoms with van der Waals surface area (Å²) >= 11 is 5.25. The van der Waals surface area contributed by atoms with E-state index in [4.69, 9.17) is 12.2 Å². The number of nitrogens with zero attached hydrogens (tertiary/aromatic N) is 2. The quantitative estimate of drug-likeness (QED) is 0.355. The van der Waals surface area contributed by atoms with Crippen molar-refractivity contribution in [3.05, 3.63) is 94.3 Å². The van der Waals surface area contributed by atoms with E-state index in [1.807, 2.05) is 32.0 Å². The van der Waals surface area contributed by atoms with Gasteiger partial charge in [-0.25, -0.2) is 0 Å². The summed E-state index contributed by atoms with van der Waals surface area (Å²) in [4.78, 5) is 39.8. The third-order valence-corrected chi connectivity index (χ3v) is 5.70. The molecule has 0 radical (unpaired) electrons. The normalized spacial score (nSPS) is 15.1. The van der Waals surface area contributed by atoms with Crippen molar-refractivity contribution < 1.29 is 14.4 Å². The van der Waals surface area contributed by atoms with E-state index >= 15 is 0 Å². The maximum absolute atomic E-state index is 13.2. The van der Waals surface area contributed by atoms with Crippen LogP contribution in [0.4, 0.5) is 5.69 Å². The van der Waals surface area contributed by atoms with Gasteiger partial charge in [0, 0.05) is 17.0 Å². The first-order valence-corrected chi connectivity index (χ1v) is 10.7. The standard InChI is InChI=1S/C25H22N4O3S/c1-15-9-11-20(12-10-15)28-24(32)21(23(31)26-25(28)33)14-19-13-16(2)29(17(19)3)27-22(30)18-7-5-4-6-8-18/h4-14H,1-3H3,(H,27,30)(H,26,31,33)/b21-14+. The first-order valence-electron chi connectivity index (χ1n) is 10.3. The highest BCUT2D eigenvalue weighted by Gasteiger charge is 2.34. The summed E-state index contributed by atoms with van der Waals surface area (Å²) in [6.07, 6.45) is 1.52. The minimum absolute atomic E-state index is 0.0339. The first kappa shape index (κ1) is 22.2. The van der Waals surface area contributed by atoms with Crippen LogP contribution in [-0.2, 0) is 9.59 Å². The molecule has 3 aromatic rings. The molecular formula is C25H22N4O3S. The van der Waals surface area contributed by atoms with Crippen molar-refractivity contribution in [2.75, 3.05) is 10.3 Å². The van der Waals surface area contributed by atoms with E-state index in [9.17, 15) is 14.4 Å². The fourth-order valence-electron chi connectivity index (χ4n) is 3.60. The number of amides is 3. The topological polar surface area (TPSA) is 83.4 Å². The summed E-state index contributed by atoms with van der Waals surface area (Å²) in [5.41, 5.74) is 7.01. The predicted molar refractivity (Wildman–Crippen MR) is 131 cm³/mol. The zero-order chi connectivity index (χ0) is 23.7. The van der Waals surface area contributed by atoms with Crippen molar-refractivity contribution in [3.63, 3.8) is 0 Å². The zero-order valence-electron chi connectivity index (χ0n) is 18.4. The Kier molecular flexibility index (Phi) is 5.93. The van der Waals surface area contributed by atoms with E-state index in [0.717, 1.165) is 11.3 Å². The van der Waals surface area contributed by atoms with Gasteiger partial charge in [0.25, 0.3) is 17.7 Å². The molecule has 4 rings (SSSR count). The largest absolute Gasteiger partial charge is 0.298 e. The van der Waals surface area contributed by atoms with E-state index in [-0.39, 0.29) is 16.6 Å². The number of benzene rings is 2. The number of carbonyl (C=O) groups excluding carboxylic acids is 3. The number of hydrogen-bond donors (Lipinski definition) is 2. The Labute approximate surface area is 196 Å². The Hall–Kier alpha value is -4.04. The molecule has 166 valence electrons. The van der Waals surface area contributed by atoms with Gasteiger partial charge in [-0.2, -0.15) is 0 Å². The zero-order valence-corrected chi connectivity index (χ0v) is 19.2. The van der Waals surface area contributed by atoms with Crippen LogP contribution in [0.2, 0.25) is 0 Å². The molecule has 33 heavy (non-hydrogen) atoms. The number of rotatable bonds is 4. The molecule has 1 aliphatic heterocycles. The monoisotopic (exact) mass is 458 g/mol. The van der Waals surface area contributed by atoms with E-state index < -0.39 is 11.8 Å². The second-order valence-corrected chi connectivity index (χ2v) is 8.15. The van der Waals surface area contributed by atoms with Gasteiger partial charge in [0.1, 0.15) is 5.57 Å². The van der Waals surface area contributed by atoms with Crippen LogP contribution in [0.15, 0.2) is 66.2 Å². The highest BCUT2D eigenvalue weighted by molar-refractivity contribution is 7.80. The first-order chi connectivity index (χ1) is 15.8. The van der Waals surface area contributed by atoms with E-state index in [0.29, 0.717) is 22.5 Å². The molecule has 8 heteroatoms. The average molecular weight is 459 g/mol. The van der Waals surface area contributed by atoms with Crippen LogP contribution in [0.25, 0.3) is 6.08 Å². The van der Waals surface area contributed by atoms with Crippen molar-refractivity contribution in [3.8, 4) is 0 Å². The summed E-state index contributed by atoms with van der Waals surface area (Å²) in [6.45, 7) is 5.58. The number of carbonyl (C=O) groups is 3. The molecule has 2 N–H and O–H groups in total. The summed E-state index contributed by atoms with van der Waals surface area (Å²) < 4.78 is 1.63. The van der Waals surface area contributed by atoms with E-state index in [2.05, 4.69) is 10.7 Å². The molecule has 0 saturated carbocycles. The van der Waals surface area contributed by atoms with Crippen LogP contribution >= 0.6 is 12.2 Å². The number of hydrogen-bond acceptors (Lipinski definition) is 4. The maximum Gasteiger partial charge on any atom is 0.270 e. The molecule has 7 nitrogen and oxygen atoms in total. The van der Waals surface area contributed by atoms with Crippen LogP contribution in [0.5, 0.6) is 0 Å². The molecule has 0 bridgehead atoms. The van der Waals surface area contributed by atoms with Gasteiger partial charge in [0.05, 0.1) is 5.69 Å². The lowest BCUT2D eigenvalue weighted by Gasteiger charge is -2.29. The lowest BCUT2D eigenvalue weighted by atomic mass is 10.1. The van der Waals surface area contributed by atoms with Gasteiger partial charge in [0.2, 0.25) is 0 Å². The highest BCUT2D eigenvalue weighted by atomic mass is 32.1. The summed E-state index contributed by atoms with van der Waals surface area (Å²) in [6, 6.07) is 18.0. The molecule has 1 fully saturated rings. The van der Waals surface area contributed by atoms with Crippen molar-refractivity contribution in [2.24, 2.45) is 0 Å². The van der Waals surface area contributed by atoms with Crippen LogP contribution < -0.4 is 15.6 Å².